The van der Waals surface area contributed by atoms with Crippen LogP contribution in [0.15, 0.2) is 11.7 Å². The van der Waals surface area contributed by atoms with Crippen LogP contribution in [-0.2, 0) is 0 Å². The highest BCUT2D eigenvalue weighted by molar-refractivity contribution is 7.09. The molecule has 2 heterocycles. The molecule has 4 heteroatoms. The van der Waals surface area contributed by atoms with Crippen LogP contribution in [0.25, 0.3) is 0 Å². The van der Waals surface area contributed by atoms with Crippen LogP contribution in [0.5, 0.6) is 0 Å². The Hall–Kier alpha value is -0.450. The van der Waals surface area contributed by atoms with Crippen molar-refractivity contribution < 1.29 is 0 Å². The van der Waals surface area contributed by atoms with Gasteiger partial charge in [0.25, 0.3) is 0 Å². The van der Waals surface area contributed by atoms with Crippen LogP contribution in [0.1, 0.15) is 23.8 Å². The van der Waals surface area contributed by atoms with Gasteiger partial charge in [-0.3, -0.25) is 4.98 Å². The maximum atomic E-state index is 5.88. The number of hydrogen-bond acceptors (Lipinski definition) is 4. The number of aromatic nitrogens is 1. The summed E-state index contributed by atoms with van der Waals surface area (Å²) in [5, 5.41) is 3.44. The summed E-state index contributed by atoms with van der Waals surface area (Å²) in [7, 11) is 0. The predicted molar refractivity (Wildman–Crippen MR) is 50.1 cm³/mol. The third-order valence-corrected chi connectivity index (χ3v) is 3.13. The van der Waals surface area contributed by atoms with E-state index >= 15 is 0 Å². The van der Waals surface area contributed by atoms with Gasteiger partial charge < -0.3 is 11.1 Å². The lowest BCUT2D eigenvalue weighted by atomic mass is 10.00. The fourth-order valence-electron chi connectivity index (χ4n) is 1.56. The molecule has 3 N–H and O–H groups in total. The Balaban J connectivity index is 2.04. The van der Waals surface area contributed by atoms with E-state index in [2.05, 4.69) is 10.3 Å². The van der Waals surface area contributed by atoms with Gasteiger partial charge in [-0.1, -0.05) is 0 Å². The summed E-state index contributed by atoms with van der Waals surface area (Å²) in [5.74, 6) is 0. The van der Waals surface area contributed by atoms with Crippen molar-refractivity contribution in [2.75, 3.05) is 6.54 Å². The van der Waals surface area contributed by atoms with E-state index in [4.69, 9.17) is 5.73 Å². The first-order chi connectivity index (χ1) is 5.86. The molecule has 0 aromatic carbocycles. The lowest BCUT2D eigenvalue weighted by Gasteiger charge is -2.26. The zero-order valence-electron chi connectivity index (χ0n) is 6.86. The molecule has 2 atom stereocenters. The molecular formula is C8H13N3S. The highest BCUT2D eigenvalue weighted by atomic mass is 32.1. The largest absolute Gasteiger partial charge is 0.328 e. The third-order valence-electron chi connectivity index (χ3n) is 2.24. The first-order valence-corrected chi connectivity index (χ1v) is 5.11. The number of piperidine rings is 1. The molecule has 12 heavy (non-hydrogen) atoms. The van der Waals surface area contributed by atoms with Crippen LogP contribution in [0.2, 0.25) is 0 Å². The SMILES string of the molecule is N[C@H]1CCN[C@H](c2cncs2)C1. The minimum absolute atomic E-state index is 0.360. The van der Waals surface area contributed by atoms with Crippen LogP contribution in [0.3, 0.4) is 0 Å². The molecule has 1 aliphatic rings. The third kappa shape index (κ3) is 1.65. The van der Waals surface area contributed by atoms with Gasteiger partial charge in [0.05, 0.1) is 5.51 Å². The van der Waals surface area contributed by atoms with Crippen molar-refractivity contribution in [3.63, 3.8) is 0 Å². The molecule has 0 amide bonds. The molecule has 0 bridgehead atoms. The van der Waals surface area contributed by atoms with Gasteiger partial charge >= 0.3 is 0 Å². The summed E-state index contributed by atoms with van der Waals surface area (Å²) in [6.07, 6.45) is 4.07. The van der Waals surface area contributed by atoms with Gasteiger partial charge in [-0.05, 0) is 19.4 Å². The second-order valence-corrected chi connectivity index (χ2v) is 4.11. The first-order valence-electron chi connectivity index (χ1n) is 4.23. The highest BCUT2D eigenvalue weighted by Crippen LogP contribution is 2.24. The average Bonchev–Trinajstić information content (AvgIpc) is 2.56. The number of nitrogens with one attached hydrogen (secondary N) is 1. The Morgan fingerprint density at radius 2 is 2.58 bits per heavy atom. The van der Waals surface area contributed by atoms with Crippen molar-refractivity contribution >= 4 is 11.3 Å². The van der Waals surface area contributed by atoms with Crippen molar-refractivity contribution in [3.8, 4) is 0 Å². The lowest BCUT2D eigenvalue weighted by molar-refractivity contribution is 0.373. The zero-order valence-corrected chi connectivity index (χ0v) is 7.68. The fourth-order valence-corrected chi connectivity index (χ4v) is 2.27. The zero-order chi connectivity index (χ0) is 8.39. The van der Waals surface area contributed by atoms with Gasteiger partial charge in [0.1, 0.15) is 0 Å². The summed E-state index contributed by atoms with van der Waals surface area (Å²) in [6.45, 7) is 1.03. The normalized spacial score (nSPS) is 30.4. The Kier molecular flexibility index (Phi) is 2.39. The van der Waals surface area contributed by atoms with E-state index in [-0.39, 0.29) is 0 Å². The maximum absolute atomic E-state index is 5.88. The smallest absolute Gasteiger partial charge is 0.0794 e. The molecule has 66 valence electrons. The quantitative estimate of drug-likeness (QED) is 0.680. The Labute approximate surface area is 76.0 Å². The fraction of sp³-hybridized carbons (Fsp3) is 0.625. The number of thiazole rings is 1. The minimum Gasteiger partial charge on any atom is -0.328 e. The van der Waals surface area contributed by atoms with E-state index in [1.165, 1.54) is 4.88 Å². The molecule has 0 radical (unpaired) electrons. The van der Waals surface area contributed by atoms with Gasteiger partial charge in [-0.2, -0.15) is 0 Å². The van der Waals surface area contributed by atoms with Gasteiger partial charge in [0.15, 0.2) is 0 Å². The van der Waals surface area contributed by atoms with E-state index in [1.54, 1.807) is 11.3 Å². The van der Waals surface area contributed by atoms with Crippen LogP contribution in [0.4, 0.5) is 0 Å². The standard InChI is InChI=1S/C8H13N3S/c9-6-1-2-11-7(3-6)8-4-10-5-12-8/h4-7,11H,1-3,9H2/t6-,7-/m0/s1. The van der Waals surface area contributed by atoms with E-state index < -0.39 is 0 Å². The van der Waals surface area contributed by atoms with Crippen LogP contribution >= 0.6 is 11.3 Å². The van der Waals surface area contributed by atoms with Gasteiger partial charge in [0, 0.05) is 23.2 Å². The first kappa shape index (κ1) is 8.16. The van der Waals surface area contributed by atoms with Gasteiger partial charge in [-0.15, -0.1) is 11.3 Å². The Morgan fingerprint density at radius 1 is 1.67 bits per heavy atom. The summed E-state index contributed by atoms with van der Waals surface area (Å²) in [4.78, 5) is 5.37. The lowest BCUT2D eigenvalue weighted by Crippen LogP contribution is -2.38. The number of nitrogens with two attached hydrogens (primary N) is 1. The van der Waals surface area contributed by atoms with Crippen LogP contribution in [-0.4, -0.2) is 17.6 Å². The Bertz CT molecular complexity index is 234. The topological polar surface area (TPSA) is 50.9 Å². The summed E-state index contributed by atoms with van der Waals surface area (Å²) >= 11 is 1.70. The maximum Gasteiger partial charge on any atom is 0.0794 e. The summed E-state index contributed by atoms with van der Waals surface area (Å²) in [6, 6.07) is 0.805. The molecule has 0 spiro atoms. The van der Waals surface area contributed by atoms with E-state index in [0.29, 0.717) is 12.1 Å². The highest BCUT2D eigenvalue weighted by Gasteiger charge is 2.20. The summed E-state index contributed by atoms with van der Waals surface area (Å²) in [5.41, 5.74) is 7.75. The molecule has 1 saturated heterocycles. The van der Waals surface area contributed by atoms with Gasteiger partial charge in [-0.25, -0.2) is 0 Å². The van der Waals surface area contributed by atoms with Crippen LogP contribution in [0, 0.1) is 0 Å². The van der Waals surface area contributed by atoms with Crippen molar-refractivity contribution in [2.45, 2.75) is 24.9 Å². The molecule has 0 unspecified atom stereocenters. The van der Waals surface area contributed by atoms with Crippen molar-refractivity contribution in [1.29, 1.82) is 0 Å². The second-order valence-electron chi connectivity index (χ2n) is 3.19. The van der Waals surface area contributed by atoms with Crippen molar-refractivity contribution in [3.05, 3.63) is 16.6 Å². The molecular weight excluding hydrogens is 170 g/mol. The summed E-state index contributed by atoms with van der Waals surface area (Å²) < 4.78 is 0. The number of nitrogens with zero attached hydrogens (tertiary/aromatic N) is 1. The molecule has 0 saturated carbocycles. The van der Waals surface area contributed by atoms with E-state index in [0.717, 1.165) is 19.4 Å². The molecule has 0 aliphatic carbocycles. The average molecular weight is 183 g/mol. The van der Waals surface area contributed by atoms with Crippen LogP contribution < -0.4 is 11.1 Å². The second kappa shape index (κ2) is 3.51. The van der Waals surface area contributed by atoms with Crippen molar-refractivity contribution in [1.82, 2.24) is 10.3 Å². The molecule has 3 nitrogen and oxygen atoms in total. The molecule has 1 fully saturated rings. The monoisotopic (exact) mass is 183 g/mol. The van der Waals surface area contributed by atoms with E-state index in [9.17, 15) is 0 Å². The Morgan fingerprint density at radius 3 is 3.25 bits per heavy atom. The number of rotatable bonds is 1. The predicted octanol–water partition coefficient (Wildman–Crippen LogP) is 0.895. The molecule has 1 aromatic rings. The number of hydrogen-bond donors (Lipinski definition) is 2. The van der Waals surface area contributed by atoms with Crippen molar-refractivity contribution in [2.24, 2.45) is 5.73 Å². The molecule has 1 aromatic heterocycles. The molecule has 2 rings (SSSR count). The minimum atomic E-state index is 0.360. The van der Waals surface area contributed by atoms with E-state index in [1.807, 2.05) is 11.7 Å². The van der Waals surface area contributed by atoms with Gasteiger partial charge in [0.2, 0.25) is 0 Å². The molecule has 1 aliphatic heterocycles.